The summed E-state index contributed by atoms with van der Waals surface area (Å²) in [5, 5.41) is 3.84. The van der Waals surface area contributed by atoms with Gasteiger partial charge in [-0.1, -0.05) is 18.2 Å². The molecule has 3 aromatic rings. The van der Waals surface area contributed by atoms with Gasteiger partial charge < -0.3 is 14.6 Å². The lowest BCUT2D eigenvalue weighted by Gasteiger charge is -2.11. The molecular weight excluding hydrogens is 302 g/mol. The third-order valence-electron chi connectivity index (χ3n) is 3.80. The number of furan rings is 1. The molecule has 0 radical (unpaired) electrons. The van der Waals surface area contributed by atoms with Gasteiger partial charge in [0.1, 0.15) is 5.69 Å². The lowest BCUT2D eigenvalue weighted by Crippen LogP contribution is -2.27. The summed E-state index contributed by atoms with van der Waals surface area (Å²) in [6.45, 7) is 1.58. The molecule has 5 nitrogen and oxygen atoms in total. The van der Waals surface area contributed by atoms with E-state index in [1.807, 2.05) is 50.5 Å². The Morgan fingerprint density at radius 1 is 1.21 bits per heavy atom. The van der Waals surface area contributed by atoms with Crippen molar-refractivity contribution in [1.82, 2.24) is 15.2 Å². The van der Waals surface area contributed by atoms with Crippen molar-refractivity contribution < 1.29 is 9.21 Å². The quantitative estimate of drug-likeness (QED) is 0.708. The van der Waals surface area contributed by atoms with E-state index in [1.54, 1.807) is 12.3 Å². The summed E-state index contributed by atoms with van der Waals surface area (Å²) in [4.78, 5) is 19.3. The number of aromatic nitrogens is 1. The Hall–Kier alpha value is -2.66. The summed E-state index contributed by atoms with van der Waals surface area (Å²) in [5.74, 6) is 0.572. The first-order valence-electron chi connectivity index (χ1n) is 8.02. The molecule has 0 spiro atoms. The van der Waals surface area contributed by atoms with Gasteiger partial charge >= 0.3 is 0 Å². The van der Waals surface area contributed by atoms with E-state index in [0.717, 1.165) is 23.9 Å². The van der Waals surface area contributed by atoms with Gasteiger partial charge in [0.15, 0.2) is 5.76 Å². The van der Waals surface area contributed by atoms with E-state index in [9.17, 15) is 4.79 Å². The molecule has 0 atom stereocenters. The summed E-state index contributed by atoms with van der Waals surface area (Å²) in [6.07, 6.45) is 2.51. The number of fused-ring (bicyclic) bond motifs is 1. The van der Waals surface area contributed by atoms with Crippen LogP contribution in [0.5, 0.6) is 0 Å². The van der Waals surface area contributed by atoms with Crippen LogP contribution in [-0.4, -0.2) is 43.0 Å². The number of para-hydroxylation sites is 1. The van der Waals surface area contributed by atoms with Crippen LogP contribution in [-0.2, 0) is 0 Å². The maximum absolute atomic E-state index is 12.6. The third-order valence-corrected chi connectivity index (χ3v) is 3.80. The molecule has 2 heterocycles. The van der Waals surface area contributed by atoms with E-state index in [4.69, 9.17) is 4.42 Å². The number of amides is 1. The van der Waals surface area contributed by atoms with Crippen molar-refractivity contribution in [3.05, 3.63) is 54.3 Å². The Bertz CT molecular complexity index is 826. The molecule has 0 aliphatic rings. The minimum Gasteiger partial charge on any atom is -0.463 e. The van der Waals surface area contributed by atoms with Crippen molar-refractivity contribution in [3.8, 4) is 11.5 Å². The van der Waals surface area contributed by atoms with Crippen LogP contribution in [0, 0.1) is 0 Å². The Kier molecular flexibility index (Phi) is 4.91. The molecular formula is C19H21N3O2. The van der Waals surface area contributed by atoms with Gasteiger partial charge in [0.2, 0.25) is 0 Å². The Morgan fingerprint density at radius 2 is 2.04 bits per heavy atom. The number of nitrogens with zero attached hydrogens (tertiary/aromatic N) is 2. The highest BCUT2D eigenvalue weighted by atomic mass is 16.3. The molecule has 0 saturated heterocycles. The molecule has 0 bridgehead atoms. The molecule has 0 saturated carbocycles. The highest BCUT2D eigenvalue weighted by molar-refractivity contribution is 6.07. The standard InChI is InChI=1S/C19H21N3O2/c1-22(2)11-6-10-20-19(23)15-13-17(18-9-5-12-24-18)21-16-8-4-3-7-14(15)16/h3-5,7-9,12-13H,6,10-11H2,1-2H3,(H,20,23). The van der Waals surface area contributed by atoms with Gasteiger partial charge in [-0.15, -0.1) is 0 Å². The number of carbonyl (C=O) groups is 1. The topological polar surface area (TPSA) is 58.4 Å². The predicted octanol–water partition coefficient (Wildman–Crippen LogP) is 3.18. The number of nitrogens with one attached hydrogen (secondary N) is 1. The summed E-state index contributed by atoms with van der Waals surface area (Å²) in [7, 11) is 4.04. The fraction of sp³-hybridized carbons (Fsp3) is 0.263. The van der Waals surface area contributed by atoms with Gasteiger partial charge in [0.25, 0.3) is 5.91 Å². The Balaban J connectivity index is 1.89. The molecule has 2 aromatic heterocycles. The zero-order chi connectivity index (χ0) is 16.9. The van der Waals surface area contributed by atoms with Gasteiger partial charge in [-0.2, -0.15) is 0 Å². The van der Waals surface area contributed by atoms with Crippen LogP contribution in [0.25, 0.3) is 22.4 Å². The molecule has 5 heteroatoms. The average Bonchev–Trinajstić information content (AvgIpc) is 3.12. The van der Waals surface area contributed by atoms with Crippen LogP contribution in [0.15, 0.2) is 53.1 Å². The monoisotopic (exact) mass is 323 g/mol. The molecule has 24 heavy (non-hydrogen) atoms. The highest BCUT2D eigenvalue weighted by Gasteiger charge is 2.14. The Labute approximate surface area is 141 Å². The maximum atomic E-state index is 12.6. The van der Waals surface area contributed by atoms with Crippen LogP contribution in [0.2, 0.25) is 0 Å². The fourth-order valence-corrected chi connectivity index (χ4v) is 2.61. The number of carbonyl (C=O) groups excluding carboxylic acids is 1. The first kappa shape index (κ1) is 16.2. The van der Waals surface area contributed by atoms with E-state index in [-0.39, 0.29) is 5.91 Å². The molecule has 0 unspecified atom stereocenters. The van der Waals surface area contributed by atoms with Crippen LogP contribution < -0.4 is 5.32 Å². The van der Waals surface area contributed by atoms with Gasteiger partial charge in [-0.05, 0) is 51.3 Å². The van der Waals surface area contributed by atoms with Crippen molar-refractivity contribution in [2.75, 3.05) is 27.2 Å². The number of rotatable bonds is 6. The van der Waals surface area contributed by atoms with E-state index in [1.165, 1.54) is 0 Å². The van der Waals surface area contributed by atoms with Crippen LogP contribution >= 0.6 is 0 Å². The SMILES string of the molecule is CN(C)CCCNC(=O)c1cc(-c2ccco2)nc2ccccc12. The van der Waals surface area contributed by atoms with Crippen LogP contribution in [0.4, 0.5) is 0 Å². The smallest absolute Gasteiger partial charge is 0.252 e. The third kappa shape index (κ3) is 3.63. The predicted molar refractivity (Wildman–Crippen MR) is 94.9 cm³/mol. The minimum absolute atomic E-state index is 0.0832. The summed E-state index contributed by atoms with van der Waals surface area (Å²) < 4.78 is 5.43. The Morgan fingerprint density at radius 3 is 2.79 bits per heavy atom. The van der Waals surface area contributed by atoms with Crippen molar-refractivity contribution in [1.29, 1.82) is 0 Å². The van der Waals surface area contributed by atoms with Crippen LogP contribution in [0.1, 0.15) is 16.8 Å². The van der Waals surface area contributed by atoms with Gasteiger partial charge in [-0.25, -0.2) is 4.98 Å². The first-order chi connectivity index (χ1) is 11.6. The second-order valence-corrected chi connectivity index (χ2v) is 5.96. The zero-order valence-electron chi connectivity index (χ0n) is 14.0. The van der Waals surface area contributed by atoms with Crippen molar-refractivity contribution in [3.63, 3.8) is 0 Å². The molecule has 124 valence electrons. The van der Waals surface area contributed by atoms with Gasteiger partial charge in [-0.3, -0.25) is 4.79 Å². The number of hydrogen-bond donors (Lipinski definition) is 1. The fourth-order valence-electron chi connectivity index (χ4n) is 2.61. The van der Waals surface area contributed by atoms with E-state index >= 15 is 0 Å². The summed E-state index contributed by atoms with van der Waals surface area (Å²) >= 11 is 0. The van der Waals surface area contributed by atoms with Crippen LogP contribution in [0.3, 0.4) is 0 Å². The lowest BCUT2D eigenvalue weighted by atomic mass is 10.1. The number of pyridine rings is 1. The molecule has 1 N–H and O–H groups in total. The molecule has 1 aromatic carbocycles. The van der Waals surface area contributed by atoms with Crippen molar-refractivity contribution in [2.24, 2.45) is 0 Å². The molecule has 3 rings (SSSR count). The molecule has 0 aliphatic heterocycles. The maximum Gasteiger partial charge on any atom is 0.252 e. The van der Waals surface area contributed by atoms with Crippen molar-refractivity contribution >= 4 is 16.8 Å². The van der Waals surface area contributed by atoms with Gasteiger partial charge in [0.05, 0.1) is 17.3 Å². The number of benzene rings is 1. The van der Waals surface area contributed by atoms with E-state index in [0.29, 0.717) is 23.6 Å². The molecule has 0 fully saturated rings. The summed E-state index contributed by atoms with van der Waals surface area (Å²) in [6, 6.07) is 13.1. The minimum atomic E-state index is -0.0832. The molecule has 0 aliphatic carbocycles. The van der Waals surface area contributed by atoms with Gasteiger partial charge in [0, 0.05) is 11.9 Å². The number of hydrogen-bond acceptors (Lipinski definition) is 4. The average molecular weight is 323 g/mol. The van der Waals surface area contributed by atoms with Crippen molar-refractivity contribution in [2.45, 2.75) is 6.42 Å². The highest BCUT2D eigenvalue weighted by Crippen LogP contribution is 2.25. The normalized spacial score (nSPS) is 11.1. The summed E-state index contributed by atoms with van der Waals surface area (Å²) in [5.41, 5.74) is 2.07. The largest absolute Gasteiger partial charge is 0.463 e. The van der Waals surface area contributed by atoms with E-state index in [2.05, 4.69) is 15.2 Å². The second kappa shape index (κ2) is 7.27. The zero-order valence-corrected chi connectivity index (χ0v) is 14.0. The molecule has 1 amide bonds. The first-order valence-corrected chi connectivity index (χ1v) is 8.02. The lowest BCUT2D eigenvalue weighted by molar-refractivity contribution is 0.0954. The van der Waals surface area contributed by atoms with E-state index < -0.39 is 0 Å². The second-order valence-electron chi connectivity index (χ2n) is 5.96.